The van der Waals surface area contributed by atoms with Gasteiger partial charge >= 0.3 is 0 Å². The molecular formula is C11H10ClNO2. The van der Waals surface area contributed by atoms with Gasteiger partial charge < -0.3 is 15.3 Å². The van der Waals surface area contributed by atoms with E-state index in [-0.39, 0.29) is 6.61 Å². The first-order chi connectivity index (χ1) is 7.20. The number of hydrogen-bond acceptors (Lipinski definition) is 3. The third-order valence-corrected chi connectivity index (χ3v) is 2.33. The lowest BCUT2D eigenvalue weighted by atomic mass is 10.1. The van der Waals surface area contributed by atoms with E-state index in [4.69, 9.17) is 26.9 Å². The van der Waals surface area contributed by atoms with Gasteiger partial charge in [-0.1, -0.05) is 11.6 Å². The number of aliphatic hydroxyl groups excluding tert-OH is 1. The topological polar surface area (TPSA) is 59.4 Å². The smallest absolute Gasteiger partial charge is 0.136 e. The molecule has 78 valence electrons. The predicted molar refractivity (Wildman–Crippen MR) is 59.5 cm³/mol. The van der Waals surface area contributed by atoms with Crippen molar-refractivity contribution in [1.29, 1.82) is 0 Å². The molecule has 4 heteroatoms. The molecule has 1 aromatic heterocycles. The van der Waals surface area contributed by atoms with Crippen LogP contribution in [0.15, 0.2) is 34.7 Å². The number of halogens is 1. The van der Waals surface area contributed by atoms with Crippen LogP contribution < -0.4 is 5.73 Å². The van der Waals surface area contributed by atoms with Crippen molar-refractivity contribution in [2.24, 2.45) is 0 Å². The number of nitrogens with two attached hydrogens (primary N) is 1. The molecule has 0 radical (unpaired) electrons. The van der Waals surface area contributed by atoms with Crippen molar-refractivity contribution in [1.82, 2.24) is 0 Å². The second-order valence-electron chi connectivity index (χ2n) is 3.16. The summed E-state index contributed by atoms with van der Waals surface area (Å²) in [7, 11) is 0. The molecule has 1 aromatic carbocycles. The fraction of sp³-hybridized carbons (Fsp3) is 0.0909. The van der Waals surface area contributed by atoms with E-state index in [9.17, 15) is 0 Å². The van der Waals surface area contributed by atoms with Crippen molar-refractivity contribution in [3.05, 3.63) is 41.1 Å². The van der Waals surface area contributed by atoms with Gasteiger partial charge in [0.05, 0.1) is 0 Å². The Labute approximate surface area is 92.1 Å². The minimum absolute atomic E-state index is 0.118. The van der Waals surface area contributed by atoms with Crippen molar-refractivity contribution in [2.75, 3.05) is 5.73 Å². The fourth-order valence-corrected chi connectivity index (χ4v) is 1.55. The first-order valence-corrected chi connectivity index (χ1v) is 4.83. The monoisotopic (exact) mass is 223 g/mol. The van der Waals surface area contributed by atoms with Crippen molar-refractivity contribution in [3.8, 4) is 11.3 Å². The first kappa shape index (κ1) is 10.1. The second-order valence-corrected chi connectivity index (χ2v) is 3.59. The van der Waals surface area contributed by atoms with Gasteiger partial charge in [0.25, 0.3) is 0 Å². The van der Waals surface area contributed by atoms with Crippen LogP contribution in [0.3, 0.4) is 0 Å². The molecule has 0 amide bonds. The minimum atomic E-state index is -0.118. The van der Waals surface area contributed by atoms with Crippen LogP contribution in [-0.4, -0.2) is 5.11 Å². The molecule has 3 nitrogen and oxygen atoms in total. The number of hydrogen-bond donors (Lipinski definition) is 2. The fourth-order valence-electron chi connectivity index (χ4n) is 1.37. The van der Waals surface area contributed by atoms with Crippen LogP contribution in [0.4, 0.5) is 5.69 Å². The predicted octanol–water partition coefficient (Wildman–Crippen LogP) is 2.67. The van der Waals surface area contributed by atoms with Crippen LogP contribution in [0, 0.1) is 0 Å². The lowest BCUT2D eigenvalue weighted by Gasteiger charge is -2.02. The number of aliphatic hydroxyl groups is 1. The highest BCUT2D eigenvalue weighted by Crippen LogP contribution is 2.29. The van der Waals surface area contributed by atoms with E-state index in [0.29, 0.717) is 22.2 Å². The average molecular weight is 224 g/mol. The van der Waals surface area contributed by atoms with Gasteiger partial charge in [0.2, 0.25) is 0 Å². The van der Waals surface area contributed by atoms with Crippen molar-refractivity contribution in [3.63, 3.8) is 0 Å². The van der Waals surface area contributed by atoms with E-state index in [0.717, 1.165) is 5.56 Å². The summed E-state index contributed by atoms with van der Waals surface area (Å²) < 4.78 is 5.37. The van der Waals surface area contributed by atoms with Gasteiger partial charge in [-0.2, -0.15) is 0 Å². The molecule has 0 fully saturated rings. The highest BCUT2D eigenvalue weighted by molar-refractivity contribution is 6.31. The van der Waals surface area contributed by atoms with Crippen molar-refractivity contribution >= 4 is 17.3 Å². The molecule has 0 aliphatic carbocycles. The van der Waals surface area contributed by atoms with E-state index in [1.165, 1.54) is 0 Å². The third-order valence-electron chi connectivity index (χ3n) is 2.10. The van der Waals surface area contributed by atoms with Crippen LogP contribution in [0.2, 0.25) is 5.02 Å². The summed E-state index contributed by atoms with van der Waals surface area (Å²) in [6.45, 7) is -0.118. The standard InChI is InChI=1S/C11H10ClNO2/c12-7-1-3-9(10(13)5-7)11-4-2-8(6-14)15-11/h1-5,14H,6,13H2. The summed E-state index contributed by atoms with van der Waals surface area (Å²) in [6.07, 6.45) is 0. The lowest BCUT2D eigenvalue weighted by Crippen LogP contribution is -1.88. The Morgan fingerprint density at radius 3 is 2.67 bits per heavy atom. The Morgan fingerprint density at radius 2 is 2.07 bits per heavy atom. The molecule has 3 N–H and O–H groups in total. The molecule has 0 bridgehead atoms. The molecule has 0 aliphatic heterocycles. The quantitative estimate of drug-likeness (QED) is 0.770. The number of rotatable bonds is 2. The van der Waals surface area contributed by atoms with Crippen LogP contribution >= 0.6 is 11.6 Å². The van der Waals surface area contributed by atoms with Crippen molar-refractivity contribution < 1.29 is 9.52 Å². The molecule has 0 spiro atoms. The maximum Gasteiger partial charge on any atom is 0.136 e. The molecule has 0 aliphatic rings. The van der Waals surface area contributed by atoms with E-state index < -0.39 is 0 Å². The normalized spacial score (nSPS) is 10.5. The van der Waals surface area contributed by atoms with Crippen molar-refractivity contribution in [2.45, 2.75) is 6.61 Å². The third kappa shape index (κ3) is 1.98. The van der Waals surface area contributed by atoms with Gasteiger partial charge in [-0.05, 0) is 30.3 Å². The van der Waals surface area contributed by atoms with Gasteiger partial charge in [-0.3, -0.25) is 0 Å². The van der Waals surface area contributed by atoms with Gasteiger partial charge in [0, 0.05) is 16.3 Å². The van der Waals surface area contributed by atoms with E-state index >= 15 is 0 Å². The Bertz CT molecular complexity index is 479. The summed E-state index contributed by atoms with van der Waals surface area (Å²) >= 11 is 5.79. The van der Waals surface area contributed by atoms with Gasteiger partial charge in [0.1, 0.15) is 18.1 Å². The molecule has 0 saturated carbocycles. The Morgan fingerprint density at radius 1 is 1.27 bits per heavy atom. The molecule has 2 aromatic rings. The number of benzene rings is 1. The van der Waals surface area contributed by atoms with Crippen LogP contribution in [0.25, 0.3) is 11.3 Å². The summed E-state index contributed by atoms with van der Waals surface area (Å²) in [6, 6.07) is 8.68. The van der Waals surface area contributed by atoms with Crippen LogP contribution in [0.5, 0.6) is 0 Å². The molecule has 0 atom stereocenters. The SMILES string of the molecule is Nc1cc(Cl)ccc1-c1ccc(CO)o1. The highest BCUT2D eigenvalue weighted by Gasteiger charge is 2.07. The summed E-state index contributed by atoms with van der Waals surface area (Å²) in [4.78, 5) is 0. The number of furan rings is 1. The maximum absolute atomic E-state index is 8.87. The van der Waals surface area contributed by atoms with E-state index in [1.54, 1.807) is 30.3 Å². The zero-order valence-corrected chi connectivity index (χ0v) is 8.66. The number of anilines is 1. The summed E-state index contributed by atoms with van der Waals surface area (Å²) in [5, 5.41) is 9.45. The summed E-state index contributed by atoms with van der Waals surface area (Å²) in [5.41, 5.74) is 7.13. The Hall–Kier alpha value is -1.45. The highest BCUT2D eigenvalue weighted by atomic mass is 35.5. The first-order valence-electron chi connectivity index (χ1n) is 4.45. The molecule has 15 heavy (non-hydrogen) atoms. The lowest BCUT2D eigenvalue weighted by molar-refractivity contribution is 0.248. The zero-order valence-electron chi connectivity index (χ0n) is 7.90. The van der Waals surface area contributed by atoms with Gasteiger partial charge in [-0.15, -0.1) is 0 Å². The van der Waals surface area contributed by atoms with Gasteiger partial charge in [0.15, 0.2) is 0 Å². The Kier molecular flexibility index (Phi) is 2.66. The van der Waals surface area contributed by atoms with E-state index in [2.05, 4.69) is 0 Å². The largest absolute Gasteiger partial charge is 0.459 e. The van der Waals surface area contributed by atoms with Gasteiger partial charge in [-0.25, -0.2) is 0 Å². The van der Waals surface area contributed by atoms with E-state index in [1.807, 2.05) is 0 Å². The zero-order chi connectivity index (χ0) is 10.8. The minimum Gasteiger partial charge on any atom is -0.459 e. The molecule has 2 rings (SSSR count). The molecule has 0 unspecified atom stereocenters. The second kappa shape index (κ2) is 3.96. The van der Waals surface area contributed by atoms with Crippen LogP contribution in [-0.2, 0) is 6.61 Å². The molecular weight excluding hydrogens is 214 g/mol. The Balaban J connectivity index is 2.44. The van der Waals surface area contributed by atoms with Crippen LogP contribution in [0.1, 0.15) is 5.76 Å². The summed E-state index contributed by atoms with van der Waals surface area (Å²) in [5.74, 6) is 1.15. The average Bonchev–Trinajstić information content (AvgIpc) is 2.66. The molecule has 1 heterocycles. The maximum atomic E-state index is 8.87. The molecule has 0 saturated heterocycles. The number of nitrogen functional groups attached to an aromatic ring is 1.